The highest BCUT2D eigenvalue weighted by Crippen LogP contribution is 2.21. The second-order valence-electron chi connectivity index (χ2n) is 6.27. The summed E-state index contributed by atoms with van der Waals surface area (Å²) in [6, 6.07) is 10.3. The molecule has 120 valence electrons. The third kappa shape index (κ3) is 4.46. The zero-order valence-electron chi connectivity index (χ0n) is 14.1. The van der Waals surface area contributed by atoms with Crippen molar-refractivity contribution in [1.29, 1.82) is 0 Å². The Morgan fingerprint density at radius 1 is 0.955 bits per heavy atom. The molecule has 2 rings (SSSR count). The number of benzene rings is 1. The van der Waals surface area contributed by atoms with Crippen LogP contribution in [0, 0.1) is 0 Å². The zero-order chi connectivity index (χ0) is 15.8. The van der Waals surface area contributed by atoms with E-state index >= 15 is 0 Å². The van der Waals surface area contributed by atoms with E-state index in [9.17, 15) is 4.79 Å². The van der Waals surface area contributed by atoms with Crippen molar-refractivity contribution < 1.29 is 4.79 Å². The number of nitrogens with zero attached hydrogens (tertiary/aromatic N) is 1. The molecule has 0 aliphatic heterocycles. The molecule has 0 unspecified atom stereocenters. The first-order valence-electron chi connectivity index (χ1n) is 8.84. The number of carbonyl (C=O) groups excluding carboxylic acids is 1. The first-order chi connectivity index (χ1) is 10.7. The van der Waals surface area contributed by atoms with Gasteiger partial charge in [0.1, 0.15) is 0 Å². The largest absolute Gasteiger partial charge is 0.284 e. The number of hydrogen-bond donors (Lipinski definition) is 0. The van der Waals surface area contributed by atoms with Crippen LogP contribution in [0.15, 0.2) is 30.3 Å². The molecule has 0 amide bonds. The van der Waals surface area contributed by atoms with Crippen molar-refractivity contribution in [1.82, 2.24) is 4.57 Å². The molecule has 22 heavy (non-hydrogen) atoms. The summed E-state index contributed by atoms with van der Waals surface area (Å²) in [6.45, 7) is 3.91. The fraction of sp³-hybridized carbons (Fsp3) is 0.550. The number of unbranched alkanes of at least 4 members (excludes halogenated alkanes) is 7. The van der Waals surface area contributed by atoms with Crippen LogP contribution in [0.5, 0.6) is 0 Å². The van der Waals surface area contributed by atoms with Crippen molar-refractivity contribution in [2.75, 3.05) is 0 Å². The van der Waals surface area contributed by atoms with Gasteiger partial charge in [-0.15, -0.1) is 0 Å². The third-order valence-corrected chi connectivity index (χ3v) is 4.39. The highest BCUT2D eigenvalue weighted by molar-refractivity contribution is 5.92. The topological polar surface area (TPSA) is 22.0 Å². The van der Waals surface area contributed by atoms with Gasteiger partial charge in [0, 0.05) is 18.0 Å². The molecule has 2 heteroatoms. The predicted octanol–water partition coefficient (Wildman–Crippen LogP) is 5.98. The Morgan fingerprint density at radius 2 is 1.59 bits per heavy atom. The predicted molar refractivity (Wildman–Crippen MR) is 94.6 cm³/mol. The fourth-order valence-electron chi connectivity index (χ4n) is 3.21. The third-order valence-electron chi connectivity index (χ3n) is 4.39. The lowest BCUT2D eigenvalue weighted by atomic mass is 10.1. The van der Waals surface area contributed by atoms with Gasteiger partial charge >= 0.3 is 0 Å². The summed E-state index contributed by atoms with van der Waals surface area (Å²) in [5.74, 6) is 0.121. The monoisotopic (exact) mass is 299 g/mol. The van der Waals surface area contributed by atoms with Gasteiger partial charge in [-0.2, -0.15) is 0 Å². The Balaban J connectivity index is 1.84. The Hall–Kier alpha value is -1.57. The van der Waals surface area contributed by atoms with Gasteiger partial charge in [-0.25, -0.2) is 0 Å². The maximum atomic E-state index is 11.9. The van der Waals surface area contributed by atoms with Crippen LogP contribution in [0.1, 0.15) is 75.7 Å². The van der Waals surface area contributed by atoms with Gasteiger partial charge in [0.2, 0.25) is 5.91 Å². The maximum absolute atomic E-state index is 11.9. The summed E-state index contributed by atoms with van der Waals surface area (Å²) in [4.78, 5) is 11.9. The molecular formula is C20H29NO. The molecule has 0 aliphatic rings. The molecule has 2 aromatic rings. The Bertz CT molecular complexity index is 597. The summed E-state index contributed by atoms with van der Waals surface area (Å²) in [5, 5.41) is 1.17. The Morgan fingerprint density at radius 3 is 2.27 bits per heavy atom. The summed E-state index contributed by atoms with van der Waals surface area (Å²) in [7, 11) is 0. The van der Waals surface area contributed by atoms with Crippen molar-refractivity contribution in [3.8, 4) is 0 Å². The number of rotatable bonds is 9. The van der Waals surface area contributed by atoms with Crippen molar-refractivity contribution in [3.05, 3.63) is 36.0 Å². The molecular weight excluding hydrogens is 270 g/mol. The number of aromatic nitrogens is 1. The van der Waals surface area contributed by atoms with E-state index in [1.165, 1.54) is 62.4 Å². The second kappa shape index (κ2) is 8.77. The number of hydrogen-bond acceptors (Lipinski definition) is 1. The minimum absolute atomic E-state index is 0.121. The second-order valence-corrected chi connectivity index (χ2v) is 6.27. The standard InChI is InChI=1S/C20H29NO/c1-3-4-5-6-7-8-9-10-14-19-16-18-13-11-12-15-20(18)21(19)17(2)22/h11-13,15-16H,3-10,14H2,1-2H3. The first kappa shape index (κ1) is 16.8. The van der Waals surface area contributed by atoms with Gasteiger partial charge in [0.25, 0.3) is 0 Å². The molecule has 1 aromatic carbocycles. The molecule has 0 fully saturated rings. The van der Waals surface area contributed by atoms with E-state index in [1.807, 2.05) is 22.8 Å². The Labute approximate surface area is 134 Å². The minimum atomic E-state index is 0.121. The van der Waals surface area contributed by atoms with Crippen molar-refractivity contribution >= 4 is 16.8 Å². The number of carbonyl (C=O) groups is 1. The smallest absolute Gasteiger partial charge is 0.228 e. The number of para-hydroxylation sites is 1. The minimum Gasteiger partial charge on any atom is -0.284 e. The molecule has 2 nitrogen and oxygen atoms in total. The highest BCUT2D eigenvalue weighted by atomic mass is 16.1. The van der Waals surface area contributed by atoms with Crippen LogP contribution in [0.3, 0.4) is 0 Å². The van der Waals surface area contributed by atoms with Gasteiger partial charge in [0.05, 0.1) is 5.52 Å². The van der Waals surface area contributed by atoms with Crippen LogP contribution in [0.4, 0.5) is 0 Å². The van der Waals surface area contributed by atoms with Crippen LogP contribution in [0.2, 0.25) is 0 Å². The molecule has 0 atom stereocenters. The molecule has 0 saturated heterocycles. The van der Waals surface area contributed by atoms with E-state index in [1.54, 1.807) is 6.92 Å². The Kier molecular flexibility index (Phi) is 6.70. The van der Waals surface area contributed by atoms with E-state index in [0.717, 1.165) is 11.9 Å². The SMILES string of the molecule is CCCCCCCCCCc1cc2ccccc2n1C(C)=O. The normalized spacial score (nSPS) is 11.2. The van der Waals surface area contributed by atoms with Crippen molar-refractivity contribution in [2.45, 2.75) is 71.6 Å². The van der Waals surface area contributed by atoms with Gasteiger partial charge in [-0.3, -0.25) is 9.36 Å². The molecule has 0 bridgehead atoms. The molecule has 0 saturated carbocycles. The van der Waals surface area contributed by atoms with E-state index in [-0.39, 0.29) is 5.91 Å². The van der Waals surface area contributed by atoms with Gasteiger partial charge in [0.15, 0.2) is 0 Å². The van der Waals surface area contributed by atoms with Crippen molar-refractivity contribution in [3.63, 3.8) is 0 Å². The van der Waals surface area contributed by atoms with Crippen LogP contribution >= 0.6 is 0 Å². The number of aryl methyl sites for hydroxylation is 1. The van der Waals surface area contributed by atoms with Gasteiger partial charge in [-0.1, -0.05) is 70.1 Å². The van der Waals surface area contributed by atoms with Crippen LogP contribution in [0.25, 0.3) is 10.9 Å². The summed E-state index contributed by atoms with van der Waals surface area (Å²) in [5.41, 5.74) is 2.21. The lowest BCUT2D eigenvalue weighted by molar-refractivity contribution is 0.0938. The molecule has 0 spiro atoms. The quantitative estimate of drug-likeness (QED) is 0.522. The first-order valence-corrected chi connectivity index (χ1v) is 8.84. The zero-order valence-corrected chi connectivity index (χ0v) is 14.1. The molecule has 0 radical (unpaired) electrons. The van der Waals surface area contributed by atoms with Crippen LogP contribution < -0.4 is 0 Å². The van der Waals surface area contributed by atoms with E-state index in [0.29, 0.717) is 0 Å². The average Bonchev–Trinajstić information content (AvgIpc) is 2.88. The van der Waals surface area contributed by atoms with Crippen molar-refractivity contribution in [2.24, 2.45) is 0 Å². The van der Waals surface area contributed by atoms with Gasteiger partial charge in [-0.05, 0) is 25.0 Å². The van der Waals surface area contributed by atoms with Crippen LogP contribution in [-0.4, -0.2) is 10.5 Å². The lowest BCUT2D eigenvalue weighted by Crippen LogP contribution is -2.09. The van der Waals surface area contributed by atoms with E-state index in [4.69, 9.17) is 0 Å². The highest BCUT2D eigenvalue weighted by Gasteiger charge is 2.11. The van der Waals surface area contributed by atoms with Crippen LogP contribution in [-0.2, 0) is 6.42 Å². The molecule has 1 heterocycles. The summed E-state index contributed by atoms with van der Waals surface area (Å²) < 4.78 is 1.89. The van der Waals surface area contributed by atoms with Gasteiger partial charge < -0.3 is 0 Å². The molecule has 0 aliphatic carbocycles. The molecule has 1 aromatic heterocycles. The fourth-order valence-corrected chi connectivity index (χ4v) is 3.21. The van der Waals surface area contributed by atoms with E-state index < -0.39 is 0 Å². The molecule has 0 N–H and O–H groups in total. The maximum Gasteiger partial charge on any atom is 0.228 e. The summed E-state index contributed by atoms with van der Waals surface area (Å²) in [6.07, 6.45) is 11.6. The average molecular weight is 299 g/mol. The number of fused-ring (bicyclic) bond motifs is 1. The summed E-state index contributed by atoms with van der Waals surface area (Å²) >= 11 is 0. The van der Waals surface area contributed by atoms with E-state index in [2.05, 4.69) is 19.1 Å². The lowest BCUT2D eigenvalue weighted by Gasteiger charge is -2.06.